The summed E-state index contributed by atoms with van der Waals surface area (Å²) in [6.45, 7) is 4.13. The van der Waals surface area contributed by atoms with E-state index in [1.807, 2.05) is 39.4 Å². The topological polar surface area (TPSA) is 108 Å². The Kier molecular flexibility index (Phi) is 38.8. The van der Waals surface area contributed by atoms with Gasteiger partial charge >= 0.3 is 19.8 Å². The summed E-state index contributed by atoms with van der Waals surface area (Å²) in [5, 5.41) is 0. The number of hydrogen-bond donors (Lipinski definition) is 1. The van der Waals surface area contributed by atoms with Crippen LogP contribution < -0.4 is 0 Å². The van der Waals surface area contributed by atoms with Gasteiger partial charge in [0.2, 0.25) is 0 Å². The number of allylic oxidation sites excluding steroid dienone is 18. The van der Waals surface area contributed by atoms with Crippen LogP contribution in [0.15, 0.2) is 109 Å². The van der Waals surface area contributed by atoms with Gasteiger partial charge in [0, 0.05) is 12.8 Å². The molecule has 1 N–H and O–H groups in total. The Bertz CT molecular complexity index is 1380. The Hall–Kier alpha value is -3.33. The van der Waals surface area contributed by atoms with Gasteiger partial charge in [-0.3, -0.25) is 18.6 Å². The van der Waals surface area contributed by atoms with E-state index in [0.717, 1.165) is 57.8 Å². The molecule has 0 aliphatic rings. The molecular formula is C50H83NO8P+. The Balaban J connectivity index is 4.58. The summed E-state index contributed by atoms with van der Waals surface area (Å²) in [6.07, 6.45) is 55.9. The van der Waals surface area contributed by atoms with Crippen LogP contribution in [0.5, 0.6) is 0 Å². The second-order valence-electron chi connectivity index (χ2n) is 15.7. The summed E-state index contributed by atoms with van der Waals surface area (Å²) in [5.74, 6) is -0.970. The SMILES string of the molecule is CC/C=C\C/C=C\C/C=C\C/C=C\C/C=C\C/C=C\CCC(=O)OC[C@H](COP(=O)(O)OCC[N+](C)(C)C)OC(=O)CCC/C=C\C/C=C\C/C=C\CCCCCCCC. The zero-order chi connectivity index (χ0) is 44.3. The molecule has 0 saturated carbocycles. The van der Waals surface area contributed by atoms with Gasteiger partial charge in [-0.2, -0.15) is 0 Å². The summed E-state index contributed by atoms with van der Waals surface area (Å²) in [7, 11) is 1.39. The van der Waals surface area contributed by atoms with Crippen LogP contribution in [0.4, 0.5) is 0 Å². The van der Waals surface area contributed by atoms with Crippen molar-refractivity contribution < 1.29 is 42.1 Å². The summed E-state index contributed by atoms with van der Waals surface area (Å²) in [4.78, 5) is 35.3. The zero-order valence-corrected chi connectivity index (χ0v) is 39.0. The molecule has 1 unspecified atom stereocenters. The molecule has 0 fully saturated rings. The van der Waals surface area contributed by atoms with Crippen LogP contribution in [-0.2, 0) is 32.7 Å². The first-order valence-corrected chi connectivity index (χ1v) is 24.1. The summed E-state index contributed by atoms with van der Waals surface area (Å²) >= 11 is 0. The maximum absolute atomic E-state index is 12.7. The highest BCUT2D eigenvalue weighted by molar-refractivity contribution is 7.47. The first-order valence-electron chi connectivity index (χ1n) is 22.6. The van der Waals surface area contributed by atoms with Gasteiger partial charge in [-0.05, 0) is 83.5 Å². The van der Waals surface area contributed by atoms with Crippen molar-refractivity contribution >= 4 is 19.8 Å². The third kappa shape index (κ3) is 44.2. The van der Waals surface area contributed by atoms with Crippen LogP contribution in [-0.4, -0.2) is 74.9 Å². The van der Waals surface area contributed by atoms with Gasteiger partial charge in [0.15, 0.2) is 6.10 Å². The molecule has 2 atom stereocenters. The van der Waals surface area contributed by atoms with E-state index in [1.54, 1.807) is 0 Å². The minimum absolute atomic E-state index is 0.00494. The normalized spacial score (nSPS) is 14.6. The largest absolute Gasteiger partial charge is 0.472 e. The molecule has 340 valence electrons. The molecular weight excluding hydrogens is 774 g/mol. The average molecular weight is 857 g/mol. The molecule has 0 bridgehead atoms. The van der Waals surface area contributed by atoms with E-state index in [9.17, 15) is 19.0 Å². The number of esters is 2. The van der Waals surface area contributed by atoms with Gasteiger partial charge in [-0.25, -0.2) is 4.57 Å². The molecule has 0 radical (unpaired) electrons. The monoisotopic (exact) mass is 857 g/mol. The number of rotatable bonds is 39. The lowest BCUT2D eigenvalue weighted by molar-refractivity contribution is -0.870. The number of carbonyl (C=O) groups is 2. The lowest BCUT2D eigenvalue weighted by Gasteiger charge is -2.24. The third-order valence-corrected chi connectivity index (χ3v) is 9.78. The molecule has 60 heavy (non-hydrogen) atoms. The fraction of sp³-hybridized carbons (Fsp3) is 0.600. The Morgan fingerprint density at radius 1 is 0.533 bits per heavy atom. The number of carbonyl (C=O) groups excluding carboxylic acids is 2. The van der Waals surface area contributed by atoms with Gasteiger partial charge < -0.3 is 18.9 Å². The predicted octanol–water partition coefficient (Wildman–Crippen LogP) is 13.1. The first kappa shape index (κ1) is 56.7. The van der Waals surface area contributed by atoms with Crippen molar-refractivity contribution in [2.24, 2.45) is 0 Å². The molecule has 0 aromatic heterocycles. The highest BCUT2D eigenvalue weighted by atomic mass is 31.2. The summed E-state index contributed by atoms with van der Waals surface area (Å²) in [6, 6.07) is 0. The third-order valence-electron chi connectivity index (χ3n) is 8.80. The molecule has 9 nitrogen and oxygen atoms in total. The second kappa shape index (κ2) is 41.0. The highest BCUT2D eigenvalue weighted by Crippen LogP contribution is 2.43. The molecule has 0 rings (SSSR count). The number of hydrogen-bond acceptors (Lipinski definition) is 7. The van der Waals surface area contributed by atoms with Gasteiger partial charge in [-0.15, -0.1) is 0 Å². The smallest absolute Gasteiger partial charge is 0.462 e. The van der Waals surface area contributed by atoms with E-state index in [4.69, 9.17) is 18.5 Å². The first-order chi connectivity index (χ1) is 29.0. The minimum Gasteiger partial charge on any atom is -0.462 e. The average Bonchev–Trinajstić information content (AvgIpc) is 3.20. The molecule has 0 saturated heterocycles. The maximum atomic E-state index is 12.7. The molecule has 0 aromatic rings. The molecule has 0 aliphatic heterocycles. The quantitative estimate of drug-likeness (QED) is 0.0214. The van der Waals surface area contributed by atoms with Gasteiger partial charge in [0.1, 0.15) is 19.8 Å². The lowest BCUT2D eigenvalue weighted by Crippen LogP contribution is -2.37. The number of phosphoric acid groups is 1. The number of nitrogens with zero attached hydrogens (tertiary/aromatic N) is 1. The van der Waals surface area contributed by atoms with Crippen LogP contribution >= 0.6 is 7.82 Å². The van der Waals surface area contributed by atoms with Crippen LogP contribution in [0, 0.1) is 0 Å². The van der Waals surface area contributed by atoms with E-state index in [1.165, 1.54) is 38.5 Å². The van der Waals surface area contributed by atoms with E-state index in [-0.39, 0.29) is 26.1 Å². The van der Waals surface area contributed by atoms with Crippen molar-refractivity contribution in [3.8, 4) is 0 Å². The number of likely N-dealkylation sites (N-methyl/N-ethyl adjacent to an activating group) is 1. The molecule has 10 heteroatoms. The predicted molar refractivity (Wildman–Crippen MR) is 251 cm³/mol. The molecule has 0 spiro atoms. The van der Waals surface area contributed by atoms with Crippen molar-refractivity contribution in [3.05, 3.63) is 109 Å². The fourth-order valence-corrected chi connectivity index (χ4v) is 6.03. The number of phosphoric ester groups is 1. The van der Waals surface area contributed by atoms with Crippen molar-refractivity contribution in [1.82, 2.24) is 0 Å². The second-order valence-corrected chi connectivity index (χ2v) is 17.1. The van der Waals surface area contributed by atoms with E-state index < -0.39 is 32.5 Å². The van der Waals surface area contributed by atoms with E-state index in [0.29, 0.717) is 30.3 Å². The van der Waals surface area contributed by atoms with Crippen molar-refractivity contribution in [1.29, 1.82) is 0 Å². The lowest BCUT2D eigenvalue weighted by atomic mass is 10.1. The number of ether oxygens (including phenoxy) is 2. The zero-order valence-electron chi connectivity index (χ0n) is 38.1. The van der Waals surface area contributed by atoms with Gasteiger partial charge in [0.05, 0.1) is 27.7 Å². The standard InChI is InChI=1S/C50H82NO8P/c1-6-8-10-12-14-16-18-20-22-24-25-27-28-30-32-34-36-38-40-42-49(52)56-46-48(47-58-60(54,55)57-45-44-51(3,4)5)59-50(53)43-41-39-37-35-33-31-29-26-23-21-19-17-15-13-11-9-7-2/h8,10,14,16,20-23,25,27,29-32,35-38,48H,6-7,9,11-13,15,17-19,24,26,28,33-34,39-47H2,1-5H3/p+1/b10-8-,16-14-,22-20-,23-21-,27-25-,31-29-,32-30-,37-35-,38-36-/t48-/m1/s1. The van der Waals surface area contributed by atoms with Crippen LogP contribution in [0.1, 0.15) is 142 Å². The minimum atomic E-state index is -4.41. The Morgan fingerprint density at radius 3 is 1.48 bits per heavy atom. The highest BCUT2D eigenvalue weighted by Gasteiger charge is 2.27. The number of quaternary nitrogens is 1. The van der Waals surface area contributed by atoms with Crippen molar-refractivity contribution in [2.45, 2.75) is 148 Å². The van der Waals surface area contributed by atoms with Gasteiger partial charge in [0.25, 0.3) is 0 Å². The maximum Gasteiger partial charge on any atom is 0.472 e. The Labute approximate surface area is 366 Å². The van der Waals surface area contributed by atoms with Crippen LogP contribution in [0.25, 0.3) is 0 Å². The van der Waals surface area contributed by atoms with Crippen molar-refractivity contribution in [3.63, 3.8) is 0 Å². The fourth-order valence-electron chi connectivity index (χ4n) is 5.29. The van der Waals surface area contributed by atoms with Crippen molar-refractivity contribution in [2.75, 3.05) is 47.5 Å². The molecule has 0 aromatic carbocycles. The summed E-state index contributed by atoms with van der Waals surface area (Å²) < 4.78 is 34.2. The molecule has 0 heterocycles. The molecule has 0 aliphatic carbocycles. The van der Waals surface area contributed by atoms with Crippen LogP contribution in [0.3, 0.4) is 0 Å². The summed E-state index contributed by atoms with van der Waals surface area (Å²) in [5.41, 5.74) is 0. The molecule has 0 amide bonds. The number of unbranched alkanes of at least 4 members (excludes halogenated alkanes) is 7. The van der Waals surface area contributed by atoms with Crippen LogP contribution in [0.2, 0.25) is 0 Å². The Morgan fingerprint density at radius 2 is 0.983 bits per heavy atom. The van der Waals surface area contributed by atoms with E-state index >= 15 is 0 Å². The van der Waals surface area contributed by atoms with Gasteiger partial charge in [-0.1, -0.05) is 155 Å². The van der Waals surface area contributed by atoms with E-state index in [2.05, 4.69) is 105 Å².